The molecule has 0 aromatic carbocycles. The van der Waals surface area contributed by atoms with Crippen LogP contribution in [0.5, 0.6) is 0 Å². The van der Waals surface area contributed by atoms with Crippen LogP contribution in [-0.4, -0.2) is 23.0 Å². The summed E-state index contributed by atoms with van der Waals surface area (Å²) in [5.41, 5.74) is 1.18. The molecule has 1 heterocycles. The van der Waals surface area contributed by atoms with Crippen molar-refractivity contribution in [1.82, 2.24) is 4.90 Å². The molecule has 0 saturated carbocycles. The van der Waals surface area contributed by atoms with Crippen molar-refractivity contribution in [3.05, 3.63) is 0 Å². The van der Waals surface area contributed by atoms with Gasteiger partial charge in [-0.05, 0) is 49.5 Å². The molecule has 0 bridgehead atoms. The smallest absolute Gasteiger partial charge is 0.0288 e. The first-order valence-electron chi connectivity index (χ1n) is 8.58. The van der Waals surface area contributed by atoms with Crippen LogP contribution in [-0.2, 0) is 0 Å². The first kappa shape index (κ1) is 18.0. The van der Waals surface area contributed by atoms with Gasteiger partial charge < -0.3 is 0 Å². The van der Waals surface area contributed by atoms with Gasteiger partial charge in [-0.2, -0.15) is 0 Å². The highest BCUT2D eigenvalue weighted by Gasteiger charge is 2.63. The Kier molecular flexibility index (Phi) is 4.51. The van der Waals surface area contributed by atoms with Gasteiger partial charge in [0.2, 0.25) is 0 Å². The second kappa shape index (κ2) is 5.00. The lowest BCUT2D eigenvalue weighted by molar-refractivity contribution is -0.206. The van der Waals surface area contributed by atoms with Crippen LogP contribution in [0, 0.1) is 22.7 Å². The van der Waals surface area contributed by atoms with E-state index in [9.17, 15) is 0 Å². The molecule has 0 aromatic heterocycles. The molecule has 1 rings (SSSR count). The largest absolute Gasteiger partial charge is 0.294 e. The lowest BCUT2D eigenvalue weighted by atomic mass is 9.47. The van der Waals surface area contributed by atoms with Gasteiger partial charge in [0.25, 0.3) is 0 Å². The molecule has 1 saturated heterocycles. The number of likely N-dealkylation sites (tertiary alicyclic amines) is 1. The number of nitrogens with zero attached hydrogens (tertiary/aromatic N) is 1. The third kappa shape index (κ3) is 1.99. The standard InChI is InChI=1S/C19H39N/c1-12-18(10)14(3)17(8,9)15(4)19(13-2,20(18)11)16(5,6)7/h14-15H,12-13H2,1-11H3/t14-,15+,18?,19?/m0/s1. The normalized spacial score (nSPS) is 42.8. The molecule has 0 aliphatic carbocycles. The molecule has 1 nitrogen and oxygen atoms in total. The molecular formula is C19H39N. The van der Waals surface area contributed by atoms with E-state index in [-0.39, 0.29) is 16.5 Å². The maximum atomic E-state index is 2.76. The summed E-state index contributed by atoms with van der Waals surface area (Å²) in [7, 11) is 2.39. The van der Waals surface area contributed by atoms with Crippen LogP contribution in [0.4, 0.5) is 0 Å². The number of rotatable bonds is 2. The fourth-order valence-corrected chi connectivity index (χ4v) is 5.60. The first-order chi connectivity index (χ1) is 8.84. The Morgan fingerprint density at radius 3 is 1.65 bits per heavy atom. The van der Waals surface area contributed by atoms with Gasteiger partial charge in [0.15, 0.2) is 0 Å². The van der Waals surface area contributed by atoms with E-state index in [0.717, 1.165) is 0 Å². The quantitative estimate of drug-likeness (QED) is 0.637. The summed E-state index contributed by atoms with van der Waals surface area (Å²) in [6.07, 6.45) is 2.44. The average Bonchev–Trinajstić information content (AvgIpc) is 2.34. The van der Waals surface area contributed by atoms with E-state index in [1.54, 1.807) is 0 Å². The summed E-state index contributed by atoms with van der Waals surface area (Å²) in [5.74, 6) is 1.38. The van der Waals surface area contributed by atoms with E-state index in [2.05, 4.69) is 81.2 Å². The van der Waals surface area contributed by atoms with Crippen molar-refractivity contribution in [1.29, 1.82) is 0 Å². The molecule has 0 spiro atoms. The number of hydrogen-bond donors (Lipinski definition) is 0. The average molecular weight is 282 g/mol. The molecule has 0 aromatic rings. The van der Waals surface area contributed by atoms with Crippen molar-refractivity contribution in [3.63, 3.8) is 0 Å². The fraction of sp³-hybridized carbons (Fsp3) is 1.00. The Morgan fingerprint density at radius 1 is 0.900 bits per heavy atom. The van der Waals surface area contributed by atoms with Crippen LogP contribution in [0.1, 0.15) is 82.1 Å². The van der Waals surface area contributed by atoms with Crippen molar-refractivity contribution < 1.29 is 0 Å². The Balaban J connectivity index is 3.59. The Bertz CT molecular complexity index is 351. The summed E-state index contributed by atoms with van der Waals surface area (Å²) in [4.78, 5) is 2.76. The number of hydrogen-bond acceptors (Lipinski definition) is 1. The molecule has 2 unspecified atom stereocenters. The highest BCUT2D eigenvalue weighted by molar-refractivity contribution is 5.16. The Labute approximate surface area is 128 Å². The highest BCUT2D eigenvalue weighted by atomic mass is 15.3. The van der Waals surface area contributed by atoms with Crippen LogP contribution < -0.4 is 0 Å². The van der Waals surface area contributed by atoms with Crippen LogP contribution in [0.2, 0.25) is 0 Å². The van der Waals surface area contributed by atoms with Gasteiger partial charge in [0.05, 0.1) is 0 Å². The monoisotopic (exact) mass is 281 g/mol. The minimum Gasteiger partial charge on any atom is -0.294 e. The van der Waals surface area contributed by atoms with Crippen LogP contribution >= 0.6 is 0 Å². The Hall–Kier alpha value is -0.0400. The van der Waals surface area contributed by atoms with Crippen molar-refractivity contribution in [2.24, 2.45) is 22.7 Å². The Morgan fingerprint density at radius 2 is 1.35 bits per heavy atom. The lowest BCUT2D eigenvalue weighted by Crippen LogP contribution is -2.75. The zero-order chi connectivity index (χ0) is 16.1. The summed E-state index contributed by atoms with van der Waals surface area (Å²) in [5, 5.41) is 0. The molecule has 1 aliphatic rings. The SMILES string of the molecule is CCC1(C)[C@@H](C)C(C)(C)[C@@H](C)C(CC)(C(C)(C)C)N1C. The summed E-state index contributed by atoms with van der Waals surface area (Å²) in [6.45, 7) is 24.5. The second-order valence-corrected chi connectivity index (χ2v) is 9.06. The van der Waals surface area contributed by atoms with Gasteiger partial charge >= 0.3 is 0 Å². The van der Waals surface area contributed by atoms with E-state index in [4.69, 9.17) is 0 Å². The lowest BCUT2D eigenvalue weighted by Gasteiger charge is -2.70. The topological polar surface area (TPSA) is 3.24 Å². The molecule has 20 heavy (non-hydrogen) atoms. The summed E-state index contributed by atoms with van der Waals surface area (Å²) < 4.78 is 0. The molecule has 0 N–H and O–H groups in total. The third-order valence-corrected chi connectivity index (χ3v) is 7.80. The van der Waals surface area contributed by atoms with E-state index >= 15 is 0 Å². The van der Waals surface area contributed by atoms with E-state index in [0.29, 0.717) is 17.3 Å². The minimum atomic E-state index is 0.258. The zero-order valence-electron chi connectivity index (χ0n) is 16.0. The predicted octanol–water partition coefficient (Wildman–Crippen LogP) is 5.59. The van der Waals surface area contributed by atoms with Crippen LogP contribution in [0.15, 0.2) is 0 Å². The molecular weight excluding hydrogens is 242 g/mol. The van der Waals surface area contributed by atoms with Gasteiger partial charge in [0.1, 0.15) is 0 Å². The van der Waals surface area contributed by atoms with Crippen molar-refractivity contribution in [3.8, 4) is 0 Å². The third-order valence-electron chi connectivity index (χ3n) is 7.80. The van der Waals surface area contributed by atoms with E-state index in [1.807, 2.05) is 0 Å². The van der Waals surface area contributed by atoms with Gasteiger partial charge in [-0.1, -0.05) is 62.3 Å². The second-order valence-electron chi connectivity index (χ2n) is 9.06. The first-order valence-corrected chi connectivity index (χ1v) is 8.58. The molecule has 120 valence electrons. The zero-order valence-corrected chi connectivity index (χ0v) is 16.0. The van der Waals surface area contributed by atoms with Crippen LogP contribution in [0.3, 0.4) is 0 Å². The molecule has 4 atom stereocenters. The highest BCUT2D eigenvalue weighted by Crippen LogP contribution is 2.61. The van der Waals surface area contributed by atoms with Crippen molar-refractivity contribution >= 4 is 0 Å². The number of piperidine rings is 1. The molecule has 1 heteroatoms. The molecule has 1 aliphatic heterocycles. The molecule has 0 amide bonds. The molecule has 1 fully saturated rings. The predicted molar refractivity (Wildman–Crippen MR) is 91.0 cm³/mol. The summed E-state index contributed by atoms with van der Waals surface area (Å²) >= 11 is 0. The van der Waals surface area contributed by atoms with Gasteiger partial charge in [-0.25, -0.2) is 0 Å². The summed E-state index contributed by atoms with van der Waals surface area (Å²) in [6, 6.07) is 0. The molecule has 0 radical (unpaired) electrons. The van der Waals surface area contributed by atoms with Crippen molar-refractivity contribution in [2.75, 3.05) is 7.05 Å². The van der Waals surface area contributed by atoms with Crippen molar-refractivity contribution in [2.45, 2.75) is 93.2 Å². The fourth-order valence-electron chi connectivity index (χ4n) is 5.60. The van der Waals surface area contributed by atoms with Gasteiger partial charge in [-0.3, -0.25) is 4.90 Å². The van der Waals surface area contributed by atoms with Gasteiger partial charge in [0, 0.05) is 11.1 Å². The maximum absolute atomic E-state index is 2.76. The minimum absolute atomic E-state index is 0.258. The maximum Gasteiger partial charge on any atom is 0.0288 e. The van der Waals surface area contributed by atoms with Gasteiger partial charge in [-0.15, -0.1) is 0 Å². The van der Waals surface area contributed by atoms with E-state index < -0.39 is 0 Å². The van der Waals surface area contributed by atoms with Crippen LogP contribution in [0.25, 0.3) is 0 Å². The van der Waals surface area contributed by atoms with E-state index in [1.165, 1.54) is 12.8 Å².